The number of hydrogen-bond acceptors (Lipinski definition) is 3. The van der Waals surface area contributed by atoms with Crippen LogP contribution in [0.15, 0.2) is 41.5 Å². The summed E-state index contributed by atoms with van der Waals surface area (Å²) in [6.07, 6.45) is 1.62. The number of benzene rings is 1. The predicted molar refractivity (Wildman–Crippen MR) is 119 cm³/mol. The molecule has 2 aromatic rings. The number of carbonyl (C=O) groups is 1. The molecule has 0 spiro atoms. The van der Waals surface area contributed by atoms with E-state index >= 15 is 0 Å². The minimum Gasteiger partial charge on any atom is -0.347 e. The molecule has 0 unspecified atom stereocenters. The Hall–Kier alpha value is -1.81. The molecule has 1 aromatic carbocycles. The third-order valence-corrected chi connectivity index (χ3v) is 4.27. The molecule has 0 aliphatic rings. The van der Waals surface area contributed by atoms with Crippen molar-refractivity contribution in [2.24, 2.45) is 12.0 Å². The molecule has 2 rings (SSSR count). The first-order chi connectivity index (χ1) is 12.4. The second-order valence-corrected chi connectivity index (χ2v) is 6.57. The van der Waals surface area contributed by atoms with Crippen molar-refractivity contribution in [2.75, 3.05) is 27.7 Å². The maximum Gasteiger partial charge on any atom is 0.241 e. The normalized spacial score (nSPS) is 10.9. The molecule has 0 aliphatic carbocycles. The van der Waals surface area contributed by atoms with E-state index in [1.54, 1.807) is 25.2 Å². The SMILES string of the molecule is CN(C)C(=O)CNC(=NCc1ccccc1)N(C)Cc1ncc(Cl)n1C.I. The molecule has 0 radical (unpaired) electrons. The van der Waals surface area contributed by atoms with Gasteiger partial charge >= 0.3 is 0 Å². The van der Waals surface area contributed by atoms with Crippen LogP contribution in [0.25, 0.3) is 0 Å². The lowest BCUT2D eigenvalue weighted by Gasteiger charge is -2.23. The summed E-state index contributed by atoms with van der Waals surface area (Å²) < 4.78 is 1.82. The fourth-order valence-corrected chi connectivity index (χ4v) is 2.38. The van der Waals surface area contributed by atoms with Gasteiger partial charge in [-0.3, -0.25) is 4.79 Å². The molecule has 1 aromatic heterocycles. The molecule has 1 heterocycles. The summed E-state index contributed by atoms with van der Waals surface area (Å²) in [6, 6.07) is 9.97. The summed E-state index contributed by atoms with van der Waals surface area (Å²) in [6.45, 7) is 1.21. The molecule has 7 nitrogen and oxygen atoms in total. The highest BCUT2D eigenvalue weighted by Crippen LogP contribution is 2.11. The van der Waals surface area contributed by atoms with Crippen molar-refractivity contribution in [1.82, 2.24) is 24.7 Å². The maximum absolute atomic E-state index is 11.9. The van der Waals surface area contributed by atoms with Crippen LogP contribution in [0, 0.1) is 0 Å². The van der Waals surface area contributed by atoms with Gasteiger partial charge in [-0.15, -0.1) is 24.0 Å². The van der Waals surface area contributed by atoms with Crippen molar-refractivity contribution in [1.29, 1.82) is 0 Å². The van der Waals surface area contributed by atoms with Gasteiger partial charge in [0.25, 0.3) is 0 Å². The minimum atomic E-state index is -0.0224. The van der Waals surface area contributed by atoms with Crippen LogP contribution in [0.1, 0.15) is 11.4 Å². The van der Waals surface area contributed by atoms with Crippen molar-refractivity contribution in [3.8, 4) is 0 Å². The number of carbonyl (C=O) groups excluding carboxylic acids is 1. The minimum absolute atomic E-state index is 0. The summed E-state index contributed by atoms with van der Waals surface area (Å²) in [7, 11) is 7.22. The van der Waals surface area contributed by atoms with E-state index in [-0.39, 0.29) is 36.4 Å². The first-order valence-electron chi connectivity index (χ1n) is 8.28. The van der Waals surface area contributed by atoms with Crippen molar-refractivity contribution in [3.63, 3.8) is 0 Å². The Kier molecular flexibility index (Phi) is 9.57. The second-order valence-electron chi connectivity index (χ2n) is 6.18. The average Bonchev–Trinajstić information content (AvgIpc) is 2.94. The van der Waals surface area contributed by atoms with Crippen LogP contribution in [0.3, 0.4) is 0 Å². The molecule has 0 bridgehead atoms. The fourth-order valence-electron chi connectivity index (χ4n) is 2.23. The summed E-state index contributed by atoms with van der Waals surface area (Å²) in [5.41, 5.74) is 1.10. The number of likely N-dealkylation sites (N-methyl/N-ethyl adjacent to an activating group) is 1. The molecule has 0 saturated heterocycles. The van der Waals surface area contributed by atoms with Crippen LogP contribution in [-0.2, 0) is 24.9 Å². The van der Waals surface area contributed by atoms with E-state index in [1.165, 1.54) is 0 Å². The van der Waals surface area contributed by atoms with Crippen LogP contribution in [0.4, 0.5) is 0 Å². The molecule has 27 heavy (non-hydrogen) atoms. The lowest BCUT2D eigenvalue weighted by molar-refractivity contribution is -0.127. The quantitative estimate of drug-likeness (QED) is 0.373. The monoisotopic (exact) mass is 504 g/mol. The zero-order valence-electron chi connectivity index (χ0n) is 16.0. The van der Waals surface area contributed by atoms with Gasteiger partial charge in [0.15, 0.2) is 5.96 Å². The lowest BCUT2D eigenvalue weighted by atomic mass is 10.2. The van der Waals surface area contributed by atoms with Gasteiger partial charge in [0.05, 0.1) is 25.8 Å². The van der Waals surface area contributed by atoms with Crippen LogP contribution >= 0.6 is 35.6 Å². The Bertz CT molecular complexity index is 762. The lowest BCUT2D eigenvalue weighted by Crippen LogP contribution is -2.43. The highest BCUT2D eigenvalue weighted by molar-refractivity contribution is 14.0. The van der Waals surface area contributed by atoms with E-state index in [0.29, 0.717) is 24.2 Å². The van der Waals surface area contributed by atoms with Crippen molar-refractivity contribution in [3.05, 3.63) is 53.1 Å². The standard InChI is InChI=1S/C18H25ClN6O.HI/c1-23(2)17(26)12-22-18(21-10-14-8-6-5-7-9-14)24(3)13-16-20-11-15(19)25(16)4;/h5-9,11H,10,12-13H2,1-4H3,(H,21,22);1H. The summed E-state index contributed by atoms with van der Waals surface area (Å²) in [4.78, 5) is 24.3. The Morgan fingerprint density at radius 1 is 1.26 bits per heavy atom. The first-order valence-corrected chi connectivity index (χ1v) is 8.66. The molecule has 0 aliphatic heterocycles. The Morgan fingerprint density at radius 3 is 2.48 bits per heavy atom. The largest absolute Gasteiger partial charge is 0.347 e. The third-order valence-electron chi connectivity index (χ3n) is 3.92. The van der Waals surface area contributed by atoms with Gasteiger partial charge in [0, 0.05) is 28.2 Å². The van der Waals surface area contributed by atoms with Crippen LogP contribution in [0.5, 0.6) is 0 Å². The van der Waals surface area contributed by atoms with E-state index < -0.39 is 0 Å². The molecule has 0 atom stereocenters. The summed E-state index contributed by atoms with van der Waals surface area (Å²) in [5, 5.41) is 3.71. The number of nitrogens with one attached hydrogen (secondary N) is 1. The molecule has 9 heteroatoms. The van der Waals surface area contributed by atoms with Gasteiger partial charge < -0.3 is 19.7 Å². The van der Waals surface area contributed by atoms with E-state index in [2.05, 4.69) is 15.3 Å². The van der Waals surface area contributed by atoms with Gasteiger partial charge in [-0.2, -0.15) is 0 Å². The number of nitrogens with zero attached hydrogens (tertiary/aromatic N) is 5. The number of aliphatic imine (C=N–C) groups is 1. The van der Waals surface area contributed by atoms with Crippen LogP contribution in [0.2, 0.25) is 5.15 Å². The van der Waals surface area contributed by atoms with Crippen molar-refractivity contribution < 1.29 is 4.79 Å². The highest BCUT2D eigenvalue weighted by atomic mass is 127. The highest BCUT2D eigenvalue weighted by Gasteiger charge is 2.13. The number of imidazole rings is 1. The molecule has 0 saturated carbocycles. The molecular weight excluding hydrogens is 479 g/mol. The van der Waals surface area contributed by atoms with E-state index in [0.717, 1.165) is 11.4 Å². The average molecular weight is 505 g/mol. The number of aromatic nitrogens is 2. The number of amides is 1. The van der Waals surface area contributed by atoms with E-state index in [1.807, 2.05) is 53.9 Å². The molecule has 1 amide bonds. The molecule has 1 N–H and O–H groups in total. The molecule has 0 fully saturated rings. The summed E-state index contributed by atoms with van der Waals surface area (Å²) in [5.74, 6) is 1.42. The molecule has 148 valence electrons. The number of hydrogen-bond donors (Lipinski definition) is 1. The first kappa shape index (κ1) is 23.2. The second kappa shape index (κ2) is 11.1. The fraction of sp³-hybridized carbons (Fsp3) is 0.389. The molecular formula is C18H26ClIN6O. The smallest absolute Gasteiger partial charge is 0.241 e. The van der Waals surface area contributed by atoms with Crippen molar-refractivity contribution >= 4 is 47.4 Å². The van der Waals surface area contributed by atoms with E-state index in [4.69, 9.17) is 11.6 Å². The van der Waals surface area contributed by atoms with E-state index in [9.17, 15) is 4.79 Å². The number of halogens is 2. The van der Waals surface area contributed by atoms with Gasteiger partial charge in [-0.25, -0.2) is 9.98 Å². The van der Waals surface area contributed by atoms with Gasteiger partial charge in [-0.05, 0) is 5.56 Å². The van der Waals surface area contributed by atoms with Crippen LogP contribution < -0.4 is 5.32 Å². The van der Waals surface area contributed by atoms with Gasteiger partial charge in [-0.1, -0.05) is 41.9 Å². The zero-order valence-corrected chi connectivity index (χ0v) is 19.1. The Labute approximate surface area is 182 Å². The zero-order chi connectivity index (χ0) is 19.1. The summed E-state index contributed by atoms with van der Waals surface area (Å²) >= 11 is 6.06. The van der Waals surface area contributed by atoms with Crippen molar-refractivity contribution in [2.45, 2.75) is 13.1 Å². The van der Waals surface area contributed by atoms with Gasteiger partial charge in [0.1, 0.15) is 11.0 Å². The predicted octanol–water partition coefficient (Wildman–Crippen LogP) is 2.36. The topological polar surface area (TPSA) is 65.8 Å². The Morgan fingerprint density at radius 2 is 1.93 bits per heavy atom. The van der Waals surface area contributed by atoms with Gasteiger partial charge in [0.2, 0.25) is 5.91 Å². The number of guanidine groups is 1. The number of rotatable bonds is 6. The van der Waals surface area contributed by atoms with Crippen LogP contribution in [-0.4, -0.2) is 58.9 Å². The maximum atomic E-state index is 11.9. The Balaban J connectivity index is 0.00000364. The third kappa shape index (κ3) is 7.02.